The summed E-state index contributed by atoms with van der Waals surface area (Å²) in [6.07, 6.45) is 3.82. The van der Waals surface area contributed by atoms with E-state index in [9.17, 15) is 4.79 Å². The van der Waals surface area contributed by atoms with E-state index >= 15 is 0 Å². The van der Waals surface area contributed by atoms with Crippen LogP contribution in [-0.2, 0) is 0 Å². The predicted molar refractivity (Wildman–Crippen MR) is 93.3 cm³/mol. The summed E-state index contributed by atoms with van der Waals surface area (Å²) >= 11 is 0. The Morgan fingerprint density at radius 3 is 2.68 bits per heavy atom. The number of rotatable bonds is 5. The molecule has 0 radical (unpaired) electrons. The van der Waals surface area contributed by atoms with E-state index in [1.54, 1.807) is 6.07 Å². The molecule has 1 aliphatic rings. The van der Waals surface area contributed by atoms with Crippen LogP contribution in [0.25, 0.3) is 5.69 Å². The van der Waals surface area contributed by atoms with E-state index in [-0.39, 0.29) is 11.9 Å². The maximum Gasteiger partial charge on any atom is 0.251 e. The van der Waals surface area contributed by atoms with Crippen molar-refractivity contribution in [2.24, 2.45) is 5.92 Å². The minimum Gasteiger partial charge on any atom is -0.345 e. The third-order valence-corrected chi connectivity index (χ3v) is 4.54. The van der Waals surface area contributed by atoms with Crippen LogP contribution in [0.2, 0.25) is 0 Å². The van der Waals surface area contributed by atoms with Gasteiger partial charge >= 0.3 is 0 Å². The van der Waals surface area contributed by atoms with Crippen LogP contribution in [-0.4, -0.2) is 26.1 Å². The molecule has 0 saturated heterocycles. The van der Waals surface area contributed by atoms with Crippen molar-refractivity contribution in [3.05, 3.63) is 71.5 Å². The first kappa shape index (κ1) is 15.5. The highest BCUT2D eigenvalue weighted by molar-refractivity contribution is 5.95. The highest BCUT2D eigenvalue weighted by Crippen LogP contribution is 2.41. The maximum absolute atomic E-state index is 12.8. The largest absolute Gasteiger partial charge is 0.345 e. The van der Waals surface area contributed by atoms with Crippen LogP contribution in [0.5, 0.6) is 0 Å². The molecule has 1 N–H and O–H groups in total. The van der Waals surface area contributed by atoms with E-state index in [0.717, 1.165) is 24.1 Å². The maximum atomic E-state index is 12.8. The number of tetrazole rings is 1. The minimum atomic E-state index is -0.0765. The number of nitrogens with zero attached hydrogens (tertiary/aromatic N) is 4. The van der Waals surface area contributed by atoms with Crippen LogP contribution in [0.15, 0.2) is 54.9 Å². The standard InChI is InChI=1S/C19H19N5O/c1-13-5-7-14(8-6-13)18(15-9-10-15)21-19(25)16-3-2-4-17(11-16)24-12-20-22-23-24/h2-8,11-12,15,18H,9-10H2,1H3,(H,21,25)/t18-/m0/s1. The van der Waals surface area contributed by atoms with Gasteiger partial charge in [-0.25, -0.2) is 4.68 Å². The topological polar surface area (TPSA) is 72.7 Å². The summed E-state index contributed by atoms with van der Waals surface area (Å²) in [6.45, 7) is 2.07. The van der Waals surface area contributed by atoms with Gasteiger partial charge in [-0.05, 0) is 59.9 Å². The molecule has 0 aliphatic heterocycles. The number of aromatic nitrogens is 4. The normalized spacial score (nSPS) is 14.9. The van der Waals surface area contributed by atoms with Crippen molar-refractivity contribution in [3.8, 4) is 5.69 Å². The second-order valence-electron chi connectivity index (χ2n) is 6.50. The SMILES string of the molecule is Cc1ccc([C@H](NC(=O)c2cccc(-n3cnnn3)c2)C2CC2)cc1. The van der Waals surface area contributed by atoms with Crippen LogP contribution in [0.1, 0.15) is 40.4 Å². The minimum absolute atomic E-state index is 0.0600. The van der Waals surface area contributed by atoms with E-state index in [1.807, 2.05) is 18.2 Å². The van der Waals surface area contributed by atoms with E-state index in [0.29, 0.717) is 11.5 Å². The van der Waals surface area contributed by atoms with Gasteiger partial charge in [0.2, 0.25) is 0 Å². The lowest BCUT2D eigenvalue weighted by molar-refractivity contribution is 0.0931. The molecule has 2 aromatic carbocycles. The zero-order valence-electron chi connectivity index (χ0n) is 14.0. The van der Waals surface area contributed by atoms with Gasteiger partial charge in [-0.2, -0.15) is 0 Å². The van der Waals surface area contributed by atoms with Gasteiger partial charge in [0.15, 0.2) is 0 Å². The van der Waals surface area contributed by atoms with Gasteiger partial charge < -0.3 is 5.32 Å². The molecule has 3 aromatic rings. The summed E-state index contributed by atoms with van der Waals surface area (Å²) in [6, 6.07) is 15.8. The molecule has 1 heterocycles. The first-order valence-corrected chi connectivity index (χ1v) is 8.41. The summed E-state index contributed by atoms with van der Waals surface area (Å²) in [5.74, 6) is 0.446. The number of aryl methyl sites for hydroxylation is 1. The lowest BCUT2D eigenvalue weighted by atomic mass is 10.0. The zero-order chi connectivity index (χ0) is 17.2. The summed E-state index contributed by atoms with van der Waals surface area (Å²) in [4.78, 5) is 12.8. The van der Waals surface area contributed by atoms with Crippen LogP contribution in [0, 0.1) is 12.8 Å². The van der Waals surface area contributed by atoms with Crippen molar-refractivity contribution < 1.29 is 4.79 Å². The van der Waals surface area contributed by atoms with E-state index in [1.165, 1.54) is 16.6 Å². The first-order chi connectivity index (χ1) is 12.2. The summed E-state index contributed by atoms with van der Waals surface area (Å²) in [5, 5.41) is 14.3. The quantitative estimate of drug-likeness (QED) is 0.779. The van der Waals surface area contributed by atoms with Gasteiger partial charge in [0.25, 0.3) is 5.91 Å². The van der Waals surface area contributed by atoms with E-state index in [2.05, 4.69) is 52.0 Å². The molecule has 1 atom stereocenters. The Morgan fingerprint density at radius 2 is 2.00 bits per heavy atom. The Hall–Kier alpha value is -3.02. The molecule has 6 heteroatoms. The number of carbonyl (C=O) groups excluding carboxylic acids is 1. The fraction of sp³-hybridized carbons (Fsp3) is 0.263. The van der Waals surface area contributed by atoms with Gasteiger partial charge in [0.05, 0.1) is 11.7 Å². The first-order valence-electron chi connectivity index (χ1n) is 8.41. The molecule has 6 nitrogen and oxygen atoms in total. The molecule has 1 fully saturated rings. The fourth-order valence-electron chi connectivity index (χ4n) is 2.97. The van der Waals surface area contributed by atoms with E-state index < -0.39 is 0 Å². The smallest absolute Gasteiger partial charge is 0.251 e. The lowest BCUT2D eigenvalue weighted by Crippen LogP contribution is -2.30. The molecular weight excluding hydrogens is 314 g/mol. The average molecular weight is 333 g/mol. The second-order valence-corrected chi connectivity index (χ2v) is 6.50. The van der Waals surface area contributed by atoms with Gasteiger partial charge in [-0.15, -0.1) is 5.10 Å². The lowest BCUT2D eigenvalue weighted by Gasteiger charge is -2.19. The number of carbonyl (C=O) groups is 1. The Balaban J connectivity index is 1.56. The van der Waals surface area contributed by atoms with Crippen LogP contribution < -0.4 is 5.32 Å². The average Bonchev–Trinajstić information content (AvgIpc) is 3.33. The Bertz CT molecular complexity index is 869. The molecule has 0 bridgehead atoms. The van der Waals surface area contributed by atoms with Gasteiger partial charge in [0.1, 0.15) is 6.33 Å². The molecule has 0 unspecified atom stereocenters. The summed E-state index contributed by atoms with van der Waals surface area (Å²) in [7, 11) is 0. The number of benzene rings is 2. The van der Waals surface area contributed by atoms with Crippen molar-refractivity contribution in [1.82, 2.24) is 25.5 Å². The van der Waals surface area contributed by atoms with Gasteiger partial charge in [-0.1, -0.05) is 35.9 Å². The molecule has 1 aromatic heterocycles. The molecule has 0 spiro atoms. The Labute approximate surface area is 145 Å². The van der Waals surface area contributed by atoms with Gasteiger partial charge in [-0.3, -0.25) is 4.79 Å². The third kappa shape index (κ3) is 3.42. The monoisotopic (exact) mass is 333 g/mol. The molecular formula is C19H19N5O. The number of hydrogen-bond acceptors (Lipinski definition) is 4. The number of amides is 1. The van der Waals surface area contributed by atoms with Crippen LogP contribution in [0.3, 0.4) is 0 Å². The van der Waals surface area contributed by atoms with Gasteiger partial charge in [0, 0.05) is 5.56 Å². The molecule has 4 rings (SSSR count). The van der Waals surface area contributed by atoms with Crippen molar-refractivity contribution >= 4 is 5.91 Å². The molecule has 1 aliphatic carbocycles. The highest BCUT2D eigenvalue weighted by Gasteiger charge is 2.33. The fourth-order valence-corrected chi connectivity index (χ4v) is 2.97. The number of hydrogen-bond donors (Lipinski definition) is 1. The van der Waals surface area contributed by atoms with Crippen molar-refractivity contribution in [1.29, 1.82) is 0 Å². The van der Waals surface area contributed by atoms with Crippen molar-refractivity contribution in [2.75, 3.05) is 0 Å². The van der Waals surface area contributed by atoms with Crippen LogP contribution in [0.4, 0.5) is 0 Å². The Kier molecular flexibility index (Phi) is 4.01. The molecule has 25 heavy (non-hydrogen) atoms. The Morgan fingerprint density at radius 1 is 1.20 bits per heavy atom. The summed E-state index contributed by atoms with van der Waals surface area (Å²) < 4.78 is 1.54. The highest BCUT2D eigenvalue weighted by atomic mass is 16.1. The molecule has 1 amide bonds. The molecule has 126 valence electrons. The zero-order valence-corrected chi connectivity index (χ0v) is 14.0. The predicted octanol–water partition coefficient (Wildman–Crippen LogP) is 2.85. The second kappa shape index (κ2) is 6.47. The van der Waals surface area contributed by atoms with Crippen molar-refractivity contribution in [3.63, 3.8) is 0 Å². The number of nitrogens with one attached hydrogen (secondary N) is 1. The van der Waals surface area contributed by atoms with Crippen molar-refractivity contribution in [2.45, 2.75) is 25.8 Å². The third-order valence-electron chi connectivity index (χ3n) is 4.54. The summed E-state index contributed by atoms with van der Waals surface area (Å²) in [5.41, 5.74) is 3.75. The van der Waals surface area contributed by atoms with Crippen LogP contribution >= 0.6 is 0 Å². The molecule has 1 saturated carbocycles. The van der Waals surface area contributed by atoms with E-state index in [4.69, 9.17) is 0 Å².